The Hall–Kier alpha value is -1.75. The number of carboxylic acids is 1. The van der Waals surface area contributed by atoms with E-state index in [0.29, 0.717) is 11.5 Å². The van der Waals surface area contributed by atoms with E-state index in [1.54, 1.807) is 6.20 Å². The molecule has 4 nitrogen and oxygen atoms in total. The lowest BCUT2D eigenvalue weighted by molar-refractivity contribution is 0.0696. The lowest BCUT2D eigenvalue weighted by Gasteiger charge is -1.96. The molecule has 0 saturated heterocycles. The van der Waals surface area contributed by atoms with Crippen molar-refractivity contribution in [3.05, 3.63) is 48.0 Å². The molecule has 2 heterocycles. The van der Waals surface area contributed by atoms with Crippen LogP contribution in [0.4, 0.5) is 0 Å². The molecule has 0 aliphatic rings. The van der Waals surface area contributed by atoms with Crippen LogP contribution >= 0.6 is 11.8 Å². The third kappa shape index (κ3) is 2.64. The van der Waals surface area contributed by atoms with Crippen LogP contribution in [-0.2, 0) is 5.75 Å². The van der Waals surface area contributed by atoms with Crippen molar-refractivity contribution in [3.8, 4) is 0 Å². The Balaban J connectivity index is 1.97. The summed E-state index contributed by atoms with van der Waals surface area (Å²) in [6.07, 6.45) is 2.96. The fourth-order valence-electron chi connectivity index (χ4n) is 1.15. The van der Waals surface area contributed by atoms with Crippen LogP contribution in [0.5, 0.6) is 0 Å². The fraction of sp³-hybridized carbons (Fsp3) is 0.0909. The third-order valence-corrected chi connectivity index (χ3v) is 2.87. The van der Waals surface area contributed by atoms with Gasteiger partial charge in [-0.05, 0) is 18.2 Å². The zero-order valence-corrected chi connectivity index (χ0v) is 9.11. The molecule has 82 valence electrons. The third-order valence-electron chi connectivity index (χ3n) is 1.90. The smallest absolute Gasteiger partial charge is 0.338 e. The topological polar surface area (TPSA) is 63.3 Å². The maximum atomic E-state index is 10.6. The predicted octanol–water partition coefficient (Wildman–Crippen LogP) is 2.67. The van der Waals surface area contributed by atoms with Crippen LogP contribution in [0.2, 0.25) is 0 Å². The molecule has 5 heteroatoms. The lowest BCUT2D eigenvalue weighted by atomic mass is 10.3. The molecule has 1 N–H and O–H groups in total. The van der Waals surface area contributed by atoms with E-state index in [-0.39, 0.29) is 5.56 Å². The number of hydrogen-bond acceptors (Lipinski definition) is 4. The Morgan fingerprint density at radius 1 is 1.50 bits per heavy atom. The number of thioether (sulfide) groups is 1. The first-order chi connectivity index (χ1) is 7.75. The highest BCUT2D eigenvalue weighted by atomic mass is 32.2. The van der Waals surface area contributed by atoms with Gasteiger partial charge in [0.2, 0.25) is 0 Å². The highest BCUT2D eigenvalue weighted by Crippen LogP contribution is 2.21. The average Bonchev–Trinajstić information content (AvgIpc) is 2.76. The molecule has 0 fully saturated rings. The Morgan fingerprint density at radius 2 is 2.38 bits per heavy atom. The van der Waals surface area contributed by atoms with Crippen molar-refractivity contribution in [1.29, 1.82) is 0 Å². The minimum absolute atomic E-state index is 0.177. The Bertz CT molecular complexity index is 481. The summed E-state index contributed by atoms with van der Waals surface area (Å²) >= 11 is 1.50. The van der Waals surface area contributed by atoms with E-state index in [2.05, 4.69) is 4.98 Å². The molecule has 0 aliphatic carbocycles. The van der Waals surface area contributed by atoms with E-state index in [9.17, 15) is 4.79 Å². The number of nitrogens with zero attached hydrogens (tertiary/aromatic N) is 1. The van der Waals surface area contributed by atoms with E-state index in [1.165, 1.54) is 24.1 Å². The van der Waals surface area contributed by atoms with Gasteiger partial charge in [0, 0.05) is 6.20 Å². The van der Waals surface area contributed by atoms with Gasteiger partial charge in [0.05, 0.1) is 16.3 Å². The van der Waals surface area contributed by atoms with Crippen molar-refractivity contribution in [2.24, 2.45) is 0 Å². The van der Waals surface area contributed by atoms with Crippen LogP contribution in [0.15, 0.2) is 46.2 Å². The molecule has 0 bridgehead atoms. The van der Waals surface area contributed by atoms with Gasteiger partial charge in [-0.3, -0.25) is 0 Å². The maximum Gasteiger partial charge on any atom is 0.338 e. The van der Waals surface area contributed by atoms with Crippen LogP contribution in [0.25, 0.3) is 0 Å². The molecule has 0 spiro atoms. The largest absolute Gasteiger partial charge is 0.478 e. The number of aromatic carboxylic acids is 1. The molecule has 0 aliphatic heterocycles. The molecule has 16 heavy (non-hydrogen) atoms. The van der Waals surface area contributed by atoms with E-state index in [1.807, 2.05) is 18.2 Å². The number of rotatable bonds is 4. The molecule has 0 radical (unpaired) electrons. The minimum atomic E-state index is -0.974. The fourth-order valence-corrected chi connectivity index (χ4v) is 1.90. The standard InChI is InChI=1S/C11H9NO3S/c13-11(14)8-5-9(15-6-8)7-16-10-3-1-2-4-12-10/h1-6H,7H2,(H,13,14). The summed E-state index contributed by atoms with van der Waals surface area (Å²) in [5, 5.41) is 9.59. The Kier molecular flexibility index (Phi) is 3.26. The second-order valence-corrected chi connectivity index (χ2v) is 4.06. The number of furan rings is 1. The van der Waals surface area contributed by atoms with E-state index < -0.39 is 5.97 Å². The zero-order chi connectivity index (χ0) is 11.4. The SMILES string of the molecule is O=C(O)c1coc(CSc2ccccn2)c1. The summed E-state index contributed by atoms with van der Waals surface area (Å²) in [6, 6.07) is 7.17. The molecule has 2 aromatic rings. The summed E-state index contributed by atoms with van der Waals surface area (Å²) in [4.78, 5) is 14.8. The lowest BCUT2D eigenvalue weighted by Crippen LogP contribution is -1.91. The van der Waals surface area contributed by atoms with Crippen molar-refractivity contribution in [3.63, 3.8) is 0 Å². The van der Waals surface area contributed by atoms with Gasteiger partial charge in [-0.1, -0.05) is 17.8 Å². The molecule has 0 atom stereocenters. The average molecular weight is 235 g/mol. The summed E-state index contributed by atoms with van der Waals surface area (Å²) < 4.78 is 5.12. The van der Waals surface area contributed by atoms with E-state index in [0.717, 1.165) is 5.03 Å². The van der Waals surface area contributed by atoms with Crippen LogP contribution in [0, 0.1) is 0 Å². The van der Waals surface area contributed by atoms with Gasteiger partial charge in [-0.2, -0.15) is 0 Å². The quantitative estimate of drug-likeness (QED) is 0.825. The predicted molar refractivity (Wildman–Crippen MR) is 59.5 cm³/mol. The van der Waals surface area contributed by atoms with Gasteiger partial charge in [0.1, 0.15) is 12.0 Å². The maximum absolute atomic E-state index is 10.6. The highest BCUT2D eigenvalue weighted by Gasteiger charge is 2.08. The Labute approximate surface area is 96.3 Å². The molecular formula is C11H9NO3S. The second kappa shape index (κ2) is 4.85. The molecule has 0 saturated carbocycles. The molecule has 2 rings (SSSR count). The monoisotopic (exact) mass is 235 g/mol. The number of carbonyl (C=O) groups is 1. The summed E-state index contributed by atoms with van der Waals surface area (Å²) in [5.41, 5.74) is 0.177. The van der Waals surface area contributed by atoms with Gasteiger partial charge in [0.15, 0.2) is 0 Å². The van der Waals surface area contributed by atoms with Crippen molar-refractivity contribution in [1.82, 2.24) is 4.98 Å². The van der Waals surface area contributed by atoms with Gasteiger partial charge >= 0.3 is 5.97 Å². The molecule has 2 aromatic heterocycles. The van der Waals surface area contributed by atoms with Crippen molar-refractivity contribution in [2.45, 2.75) is 10.8 Å². The van der Waals surface area contributed by atoms with E-state index >= 15 is 0 Å². The molecule has 0 aromatic carbocycles. The van der Waals surface area contributed by atoms with Crippen LogP contribution in [0.3, 0.4) is 0 Å². The van der Waals surface area contributed by atoms with Gasteiger partial charge in [0.25, 0.3) is 0 Å². The van der Waals surface area contributed by atoms with Crippen LogP contribution in [0.1, 0.15) is 16.1 Å². The Morgan fingerprint density at radius 3 is 3.00 bits per heavy atom. The normalized spacial score (nSPS) is 10.2. The highest BCUT2D eigenvalue weighted by molar-refractivity contribution is 7.98. The number of aromatic nitrogens is 1. The number of carboxylic acid groups (broad SMARTS) is 1. The van der Waals surface area contributed by atoms with Crippen LogP contribution < -0.4 is 0 Å². The van der Waals surface area contributed by atoms with Crippen molar-refractivity contribution in [2.75, 3.05) is 0 Å². The summed E-state index contributed by atoms with van der Waals surface area (Å²) in [5.74, 6) is 0.232. The van der Waals surface area contributed by atoms with Gasteiger partial charge in [-0.25, -0.2) is 9.78 Å². The zero-order valence-electron chi connectivity index (χ0n) is 8.29. The van der Waals surface area contributed by atoms with Gasteiger partial charge < -0.3 is 9.52 Å². The second-order valence-electron chi connectivity index (χ2n) is 3.06. The molecule has 0 amide bonds. The summed E-state index contributed by atoms with van der Waals surface area (Å²) in [6.45, 7) is 0. The van der Waals surface area contributed by atoms with Crippen molar-refractivity contribution < 1.29 is 14.3 Å². The number of pyridine rings is 1. The van der Waals surface area contributed by atoms with Gasteiger partial charge in [-0.15, -0.1) is 0 Å². The summed E-state index contributed by atoms with van der Waals surface area (Å²) in [7, 11) is 0. The first-order valence-electron chi connectivity index (χ1n) is 4.60. The van der Waals surface area contributed by atoms with Crippen LogP contribution in [-0.4, -0.2) is 16.1 Å². The minimum Gasteiger partial charge on any atom is -0.478 e. The van der Waals surface area contributed by atoms with Crippen molar-refractivity contribution >= 4 is 17.7 Å². The first-order valence-corrected chi connectivity index (χ1v) is 5.59. The number of hydrogen-bond donors (Lipinski definition) is 1. The van der Waals surface area contributed by atoms with E-state index in [4.69, 9.17) is 9.52 Å². The molecular weight excluding hydrogens is 226 g/mol. The molecule has 0 unspecified atom stereocenters. The first kappa shape index (κ1) is 10.8.